The maximum absolute atomic E-state index is 12.7. The van der Waals surface area contributed by atoms with Gasteiger partial charge in [0.15, 0.2) is 0 Å². The second kappa shape index (κ2) is 10.8. The van der Waals surface area contributed by atoms with Crippen LogP contribution in [-0.2, 0) is 16.0 Å². The number of halogens is 1. The van der Waals surface area contributed by atoms with Gasteiger partial charge in [0.25, 0.3) is 0 Å². The summed E-state index contributed by atoms with van der Waals surface area (Å²) >= 11 is 6.47. The Labute approximate surface area is 190 Å². The molecule has 1 aromatic heterocycles. The van der Waals surface area contributed by atoms with Crippen LogP contribution < -0.4 is 5.32 Å². The smallest absolute Gasteiger partial charge is 0.410 e. The van der Waals surface area contributed by atoms with Gasteiger partial charge < -0.3 is 24.3 Å². The number of alkyl carbamates (subject to hydrolysis) is 1. The first-order valence-electron chi connectivity index (χ1n) is 10.6. The Bertz CT molecular complexity index is 848. The molecule has 0 aliphatic heterocycles. The Kier molecular flexibility index (Phi) is 8.62. The number of nitrogens with zero attached hydrogens (tertiary/aromatic N) is 2. The molecule has 1 aromatic rings. The van der Waals surface area contributed by atoms with Gasteiger partial charge in [-0.25, -0.2) is 9.59 Å². The number of rotatable bonds is 8. The minimum atomic E-state index is -0.532. The zero-order chi connectivity index (χ0) is 23.2. The molecule has 1 N–H and O–H groups in total. The van der Waals surface area contributed by atoms with E-state index in [-0.39, 0.29) is 12.1 Å². The molecule has 1 aliphatic carbocycles. The highest BCUT2D eigenvalue weighted by Gasteiger charge is 2.35. The van der Waals surface area contributed by atoms with Crippen molar-refractivity contribution in [1.82, 2.24) is 14.8 Å². The van der Waals surface area contributed by atoms with E-state index < -0.39 is 11.7 Å². The molecule has 0 radical (unpaired) electrons. The predicted octanol–water partition coefficient (Wildman–Crippen LogP) is 5.33. The quantitative estimate of drug-likeness (QED) is 0.579. The molecule has 0 atom stereocenters. The highest BCUT2D eigenvalue weighted by Crippen LogP contribution is 2.30. The molecular formula is C23H34ClN3O4. The number of carbonyl (C=O) groups is 2. The number of allylic oxidation sites excluding steroid dienone is 1. The number of hydrogen-bond donors (Lipinski definition) is 1. The molecule has 172 valence electrons. The Balaban J connectivity index is 2.24. The molecule has 0 aromatic carbocycles. The Morgan fingerprint density at radius 2 is 2.03 bits per heavy atom. The molecule has 0 bridgehead atoms. The van der Waals surface area contributed by atoms with Crippen molar-refractivity contribution in [1.29, 1.82) is 0 Å². The molecule has 31 heavy (non-hydrogen) atoms. The first-order valence-corrected chi connectivity index (χ1v) is 10.9. The van der Waals surface area contributed by atoms with Gasteiger partial charge in [0.2, 0.25) is 0 Å². The minimum Gasteiger partial charge on any atom is -0.453 e. The van der Waals surface area contributed by atoms with Crippen LogP contribution in [0.25, 0.3) is 12.2 Å². The van der Waals surface area contributed by atoms with Crippen LogP contribution in [0.3, 0.4) is 0 Å². The third kappa shape index (κ3) is 7.65. The number of carbonyl (C=O) groups excluding carboxylic acids is 2. The number of nitrogens with one attached hydrogen (secondary N) is 1. The summed E-state index contributed by atoms with van der Waals surface area (Å²) in [4.78, 5) is 25.8. The fourth-order valence-corrected chi connectivity index (χ4v) is 3.46. The molecule has 0 unspecified atom stereocenters. The predicted molar refractivity (Wildman–Crippen MR) is 124 cm³/mol. The molecule has 1 heterocycles. The zero-order valence-electron chi connectivity index (χ0n) is 19.3. The summed E-state index contributed by atoms with van der Waals surface area (Å²) in [6.07, 6.45) is 9.01. The van der Waals surface area contributed by atoms with E-state index in [2.05, 4.69) is 10.1 Å². The van der Waals surface area contributed by atoms with Crippen LogP contribution in [0.2, 0.25) is 5.02 Å². The molecule has 8 heteroatoms. The van der Waals surface area contributed by atoms with E-state index in [1.165, 1.54) is 7.11 Å². The van der Waals surface area contributed by atoms with E-state index in [0.29, 0.717) is 24.7 Å². The molecule has 1 saturated carbocycles. The van der Waals surface area contributed by atoms with Gasteiger partial charge in [-0.05, 0) is 53.5 Å². The maximum atomic E-state index is 12.7. The summed E-state index contributed by atoms with van der Waals surface area (Å²) in [6, 6.07) is 0.229. The van der Waals surface area contributed by atoms with Crippen molar-refractivity contribution in [2.75, 3.05) is 20.2 Å². The second-order valence-corrected chi connectivity index (χ2v) is 9.13. The van der Waals surface area contributed by atoms with Crippen LogP contribution in [-0.4, -0.2) is 53.5 Å². The van der Waals surface area contributed by atoms with Crippen LogP contribution in [0.15, 0.2) is 17.8 Å². The van der Waals surface area contributed by atoms with Crippen molar-refractivity contribution in [2.24, 2.45) is 0 Å². The Morgan fingerprint density at radius 1 is 1.35 bits per heavy atom. The van der Waals surface area contributed by atoms with Gasteiger partial charge in [-0.15, -0.1) is 0 Å². The van der Waals surface area contributed by atoms with Crippen molar-refractivity contribution in [3.05, 3.63) is 34.1 Å². The summed E-state index contributed by atoms with van der Waals surface area (Å²) in [6.45, 7) is 11.0. The molecule has 7 nitrogen and oxygen atoms in total. The minimum absolute atomic E-state index is 0.229. The number of aromatic nitrogens is 1. The normalized spacial score (nSPS) is 14.6. The SMILES string of the molecule is C/C=C\c1c(Cl)cn(CCNC(=O)OC)c1/C=C(\C)CN(C(=O)OC(C)(C)C)C1CC1. The monoisotopic (exact) mass is 451 g/mol. The van der Waals surface area contributed by atoms with E-state index >= 15 is 0 Å². The molecule has 0 spiro atoms. The third-order valence-corrected chi connectivity index (χ3v) is 4.97. The van der Waals surface area contributed by atoms with Crippen LogP contribution in [0.4, 0.5) is 9.59 Å². The summed E-state index contributed by atoms with van der Waals surface area (Å²) in [5.41, 5.74) is 2.31. The lowest BCUT2D eigenvalue weighted by Gasteiger charge is -2.27. The van der Waals surface area contributed by atoms with Gasteiger partial charge >= 0.3 is 12.2 Å². The van der Waals surface area contributed by atoms with E-state index in [4.69, 9.17) is 16.3 Å². The van der Waals surface area contributed by atoms with Crippen molar-refractivity contribution >= 4 is 35.9 Å². The van der Waals surface area contributed by atoms with Gasteiger partial charge in [0, 0.05) is 43.1 Å². The number of methoxy groups -OCH3 is 1. The summed E-state index contributed by atoms with van der Waals surface area (Å²) in [5.74, 6) is 0. The van der Waals surface area contributed by atoms with Gasteiger partial charge in [-0.1, -0.05) is 29.3 Å². The largest absolute Gasteiger partial charge is 0.453 e. The average Bonchev–Trinajstić information content (AvgIpc) is 3.47. The lowest BCUT2D eigenvalue weighted by Crippen LogP contribution is -2.39. The third-order valence-electron chi connectivity index (χ3n) is 4.67. The zero-order valence-corrected chi connectivity index (χ0v) is 20.1. The molecule has 1 fully saturated rings. The number of ether oxygens (including phenoxy) is 2. The topological polar surface area (TPSA) is 72.8 Å². The van der Waals surface area contributed by atoms with Crippen molar-refractivity contribution in [2.45, 2.75) is 65.6 Å². The molecule has 2 amide bonds. The van der Waals surface area contributed by atoms with Crippen molar-refractivity contribution < 1.29 is 19.1 Å². The standard InChI is InChI=1S/C23H34ClN3O4/c1-7-8-18-19(24)15-26(12-11-25-21(28)30-6)20(18)13-16(2)14-27(17-9-10-17)22(29)31-23(3,4)5/h7-8,13,15,17H,9-12,14H2,1-6H3,(H,25,28)/b8-7-,16-13+. The van der Waals surface area contributed by atoms with Crippen LogP contribution in [0.1, 0.15) is 58.7 Å². The second-order valence-electron chi connectivity index (χ2n) is 8.72. The summed E-state index contributed by atoms with van der Waals surface area (Å²) in [7, 11) is 1.33. The molecule has 2 rings (SSSR count). The highest BCUT2D eigenvalue weighted by atomic mass is 35.5. The average molecular weight is 452 g/mol. The first-order chi connectivity index (χ1) is 14.6. The maximum Gasteiger partial charge on any atom is 0.410 e. The lowest BCUT2D eigenvalue weighted by atomic mass is 10.1. The fraction of sp³-hybridized carbons (Fsp3) is 0.565. The van der Waals surface area contributed by atoms with Crippen LogP contribution in [0, 0.1) is 0 Å². The van der Waals surface area contributed by atoms with E-state index in [1.54, 1.807) is 4.90 Å². The molecular weight excluding hydrogens is 418 g/mol. The van der Waals surface area contributed by atoms with E-state index in [9.17, 15) is 9.59 Å². The van der Waals surface area contributed by atoms with Crippen molar-refractivity contribution in [3.8, 4) is 0 Å². The Hall–Kier alpha value is -2.41. The van der Waals surface area contributed by atoms with E-state index in [0.717, 1.165) is 29.7 Å². The van der Waals surface area contributed by atoms with Crippen molar-refractivity contribution in [3.63, 3.8) is 0 Å². The number of amides is 2. The summed E-state index contributed by atoms with van der Waals surface area (Å²) < 4.78 is 12.2. The molecule has 1 aliphatic rings. The summed E-state index contributed by atoms with van der Waals surface area (Å²) in [5, 5.41) is 3.31. The Morgan fingerprint density at radius 3 is 2.58 bits per heavy atom. The fourth-order valence-electron chi connectivity index (χ4n) is 3.18. The van der Waals surface area contributed by atoms with Gasteiger partial charge in [-0.3, -0.25) is 0 Å². The highest BCUT2D eigenvalue weighted by molar-refractivity contribution is 6.32. The van der Waals surface area contributed by atoms with Gasteiger partial charge in [0.1, 0.15) is 5.60 Å². The van der Waals surface area contributed by atoms with Gasteiger partial charge in [0.05, 0.1) is 12.1 Å². The van der Waals surface area contributed by atoms with Crippen LogP contribution in [0.5, 0.6) is 0 Å². The van der Waals surface area contributed by atoms with Crippen LogP contribution >= 0.6 is 11.6 Å². The molecule has 0 saturated heterocycles. The first kappa shape index (κ1) is 24.9. The lowest BCUT2D eigenvalue weighted by molar-refractivity contribution is 0.0252. The van der Waals surface area contributed by atoms with Gasteiger partial charge in [-0.2, -0.15) is 0 Å². The number of hydrogen-bond acceptors (Lipinski definition) is 4. The van der Waals surface area contributed by atoms with E-state index in [1.807, 2.05) is 63.6 Å².